The summed E-state index contributed by atoms with van der Waals surface area (Å²) >= 11 is 0. The molecular formula is C13H15N3O. The van der Waals surface area contributed by atoms with Crippen LogP contribution in [0.4, 0.5) is 5.82 Å². The van der Waals surface area contributed by atoms with Crippen molar-refractivity contribution in [3.8, 4) is 11.6 Å². The van der Waals surface area contributed by atoms with Gasteiger partial charge >= 0.3 is 0 Å². The zero-order chi connectivity index (χ0) is 12.3. The van der Waals surface area contributed by atoms with E-state index in [0.29, 0.717) is 17.4 Å². The zero-order valence-electron chi connectivity index (χ0n) is 9.97. The summed E-state index contributed by atoms with van der Waals surface area (Å²) in [7, 11) is 0. The van der Waals surface area contributed by atoms with Crippen LogP contribution in [-0.4, -0.2) is 9.97 Å². The molecule has 2 N–H and O–H groups in total. The molecule has 0 atom stereocenters. The predicted octanol–water partition coefficient (Wildman–Crippen LogP) is 2.72. The van der Waals surface area contributed by atoms with Crippen LogP contribution in [-0.2, 0) is 6.42 Å². The number of benzene rings is 1. The Morgan fingerprint density at radius 2 is 1.94 bits per heavy atom. The predicted molar refractivity (Wildman–Crippen MR) is 67.1 cm³/mol. The van der Waals surface area contributed by atoms with Crippen LogP contribution in [0.5, 0.6) is 11.6 Å². The highest BCUT2D eigenvalue weighted by molar-refractivity contribution is 5.43. The molecule has 2 rings (SSSR count). The summed E-state index contributed by atoms with van der Waals surface area (Å²) in [5.41, 5.74) is 7.76. The zero-order valence-corrected chi connectivity index (χ0v) is 9.97. The highest BCUT2D eigenvalue weighted by Gasteiger charge is 2.06. The second-order valence-electron chi connectivity index (χ2n) is 3.82. The van der Waals surface area contributed by atoms with E-state index in [0.717, 1.165) is 12.1 Å². The van der Waals surface area contributed by atoms with Gasteiger partial charge in [0.15, 0.2) is 5.82 Å². The van der Waals surface area contributed by atoms with Gasteiger partial charge in [0, 0.05) is 0 Å². The average molecular weight is 229 g/mol. The van der Waals surface area contributed by atoms with Crippen LogP contribution in [0.3, 0.4) is 0 Å². The molecule has 0 spiro atoms. The summed E-state index contributed by atoms with van der Waals surface area (Å²) in [5, 5.41) is 0. The first-order chi connectivity index (χ1) is 8.19. The van der Waals surface area contributed by atoms with Crippen molar-refractivity contribution >= 4 is 5.82 Å². The third-order valence-electron chi connectivity index (χ3n) is 2.41. The van der Waals surface area contributed by atoms with E-state index in [1.165, 1.54) is 5.56 Å². The van der Waals surface area contributed by atoms with E-state index in [4.69, 9.17) is 10.5 Å². The molecule has 0 aliphatic heterocycles. The van der Waals surface area contributed by atoms with Crippen molar-refractivity contribution in [3.05, 3.63) is 41.7 Å². The molecule has 0 aliphatic rings. The molecule has 0 radical (unpaired) electrons. The normalized spacial score (nSPS) is 10.2. The van der Waals surface area contributed by atoms with Gasteiger partial charge in [-0.25, -0.2) is 9.97 Å². The first-order valence-corrected chi connectivity index (χ1v) is 5.55. The smallest absolute Gasteiger partial charge is 0.262 e. The van der Waals surface area contributed by atoms with Crippen LogP contribution in [0.1, 0.15) is 18.2 Å². The SMILES string of the molecule is CCc1cnc(N)c(Oc2ccc(C)cc2)n1. The van der Waals surface area contributed by atoms with Gasteiger partial charge < -0.3 is 10.5 Å². The van der Waals surface area contributed by atoms with Gasteiger partial charge in [0.25, 0.3) is 5.88 Å². The molecule has 1 aromatic heterocycles. The summed E-state index contributed by atoms with van der Waals surface area (Å²) in [4.78, 5) is 8.35. The first-order valence-electron chi connectivity index (χ1n) is 5.55. The number of anilines is 1. The second-order valence-corrected chi connectivity index (χ2v) is 3.82. The van der Waals surface area contributed by atoms with Crippen LogP contribution in [0.2, 0.25) is 0 Å². The monoisotopic (exact) mass is 229 g/mol. The maximum absolute atomic E-state index is 5.72. The van der Waals surface area contributed by atoms with Gasteiger partial charge in [-0.2, -0.15) is 0 Å². The molecule has 0 fully saturated rings. The maximum Gasteiger partial charge on any atom is 0.262 e. The minimum atomic E-state index is 0.308. The number of nitrogen functional groups attached to an aromatic ring is 1. The fraction of sp³-hybridized carbons (Fsp3) is 0.231. The Bertz CT molecular complexity index is 509. The van der Waals surface area contributed by atoms with Crippen molar-refractivity contribution < 1.29 is 4.74 Å². The lowest BCUT2D eigenvalue weighted by Crippen LogP contribution is -2.00. The number of hydrogen-bond donors (Lipinski definition) is 1. The molecule has 4 heteroatoms. The molecule has 88 valence electrons. The molecule has 4 nitrogen and oxygen atoms in total. The number of ether oxygens (including phenoxy) is 1. The molecular weight excluding hydrogens is 214 g/mol. The molecule has 0 amide bonds. The van der Waals surface area contributed by atoms with Crippen molar-refractivity contribution in [2.45, 2.75) is 20.3 Å². The van der Waals surface area contributed by atoms with Gasteiger partial charge in [-0.05, 0) is 25.5 Å². The molecule has 0 saturated heterocycles. The van der Waals surface area contributed by atoms with Crippen LogP contribution in [0.25, 0.3) is 0 Å². The van der Waals surface area contributed by atoms with E-state index >= 15 is 0 Å². The molecule has 1 heterocycles. The molecule has 0 bridgehead atoms. The molecule has 2 aromatic rings. The van der Waals surface area contributed by atoms with Gasteiger partial charge in [-0.1, -0.05) is 24.6 Å². The quantitative estimate of drug-likeness (QED) is 0.879. The van der Waals surface area contributed by atoms with Gasteiger partial charge in [-0.3, -0.25) is 0 Å². The molecule has 0 saturated carbocycles. The summed E-state index contributed by atoms with van der Waals surface area (Å²) in [6.45, 7) is 4.03. The standard InChI is InChI=1S/C13H15N3O/c1-3-10-8-15-12(14)13(16-10)17-11-6-4-9(2)5-7-11/h4-8H,3H2,1-2H3,(H2,14,15). The fourth-order valence-corrected chi connectivity index (χ4v) is 1.38. The molecule has 17 heavy (non-hydrogen) atoms. The van der Waals surface area contributed by atoms with Crippen LogP contribution >= 0.6 is 0 Å². The van der Waals surface area contributed by atoms with Gasteiger partial charge in [0.05, 0.1) is 11.9 Å². The number of hydrogen-bond acceptors (Lipinski definition) is 4. The van der Waals surface area contributed by atoms with E-state index in [2.05, 4.69) is 9.97 Å². The van der Waals surface area contributed by atoms with Crippen molar-refractivity contribution in [2.75, 3.05) is 5.73 Å². The van der Waals surface area contributed by atoms with E-state index < -0.39 is 0 Å². The number of nitrogens with two attached hydrogens (primary N) is 1. The summed E-state index contributed by atoms with van der Waals surface area (Å²) < 4.78 is 5.61. The number of nitrogens with zero attached hydrogens (tertiary/aromatic N) is 2. The van der Waals surface area contributed by atoms with Crippen LogP contribution in [0, 0.1) is 6.92 Å². The highest BCUT2D eigenvalue weighted by Crippen LogP contribution is 2.23. The van der Waals surface area contributed by atoms with E-state index in [9.17, 15) is 0 Å². The lowest BCUT2D eigenvalue weighted by molar-refractivity contribution is 0.461. The van der Waals surface area contributed by atoms with E-state index in [1.807, 2.05) is 38.1 Å². The van der Waals surface area contributed by atoms with Crippen LogP contribution < -0.4 is 10.5 Å². The Kier molecular flexibility index (Phi) is 3.23. The Hall–Kier alpha value is -2.10. The van der Waals surface area contributed by atoms with Gasteiger partial charge in [-0.15, -0.1) is 0 Å². The number of aromatic nitrogens is 2. The minimum Gasteiger partial charge on any atom is -0.436 e. The Morgan fingerprint density at radius 3 is 2.59 bits per heavy atom. The topological polar surface area (TPSA) is 61.0 Å². The number of aryl methyl sites for hydroxylation is 2. The minimum absolute atomic E-state index is 0.308. The lowest BCUT2D eigenvalue weighted by atomic mass is 10.2. The van der Waals surface area contributed by atoms with Gasteiger partial charge in [0.1, 0.15) is 5.75 Å². The molecule has 0 aliphatic carbocycles. The van der Waals surface area contributed by atoms with Crippen molar-refractivity contribution in [3.63, 3.8) is 0 Å². The molecule has 1 aromatic carbocycles. The Balaban J connectivity index is 2.25. The third kappa shape index (κ3) is 2.72. The van der Waals surface area contributed by atoms with Crippen molar-refractivity contribution in [2.24, 2.45) is 0 Å². The average Bonchev–Trinajstić information content (AvgIpc) is 2.35. The second kappa shape index (κ2) is 4.82. The maximum atomic E-state index is 5.72. The largest absolute Gasteiger partial charge is 0.436 e. The fourth-order valence-electron chi connectivity index (χ4n) is 1.38. The van der Waals surface area contributed by atoms with E-state index in [1.54, 1.807) is 6.20 Å². The van der Waals surface area contributed by atoms with Crippen LogP contribution in [0.15, 0.2) is 30.5 Å². The Labute approximate surface area is 100 Å². The van der Waals surface area contributed by atoms with Crippen molar-refractivity contribution in [1.82, 2.24) is 9.97 Å². The molecule has 0 unspecified atom stereocenters. The van der Waals surface area contributed by atoms with Crippen molar-refractivity contribution in [1.29, 1.82) is 0 Å². The Morgan fingerprint density at radius 1 is 1.24 bits per heavy atom. The lowest BCUT2D eigenvalue weighted by Gasteiger charge is -2.07. The van der Waals surface area contributed by atoms with E-state index in [-0.39, 0.29) is 0 Å². The first kappa shape index (κ1) is 11.4. The third-order valence-corrected chi connectivity index (χ3v) is 2.41. The summed E-state index contributed by atoms with van der Waals surface area (Å²) in [6.07, 6.45) is 2.47. The number of rotatable bonds is 3. The highest BCUT2D eigenvalue weighted by atomic mass is 16.5. The summed E-state index contributed by atoms with van der Waals surface area (Å²) in [6, 6.07) is 7.72. The summed E-state index contributed by atoms with van der Waals surface area (Å²) in [5.74, 6) is 1.39. The van der Waals surface area contributed by atoms with Gasteiger partial charge in [0.2, 0.25) is 0 Å².